The van der Waals surface area contributed by atoms with E-state index in [1.165, 1.54) is 0 Å². The molecule has 1 aromatic heterocycles. The summed E-state index contributed by atoms with van der Waals surface area (Å²) in [6.07, 6.45) is 0. The molecule has 0 fully saturated rings. The molecular formula is C15H10BrClN2O. The van der Waals surface area contributed by atoms with Crippen LogP contribution < -0.4 is 5.73 Å². The first-order valence-electron chi connectivity index (χ1n) is 5.92. The molecule has 1 heterocycles. The van der Waals surface area contributed by atoms with Crippen LogP contribution in [0.1, 0.15) is 0 Å². The third-order valence-corrected chi connectivity index (χ3v) is 3.65. The first-order valence-corrected chi connectivity index (χ1v) is 7.09. The van der Waals surface area contributed by atoms with Crippen molar-refractivity contribution in [3.8, 4) is 22.5 Å². The van der Waals surface area contributed by atoms with Crippen molar-refractivity contribution in [2.45, 2.75) is 0 Å². The fourth-order valence-corrected chi connectivity index (χ4v) is 2.64. The lowest BCUT2D eigenvalue weighted by Crippen LogP contribution is -1.89. The molecule has 0 amide bonds. The molecule has 0 radical (unpaired) electrons. The summed E-state index contributed by atoms with van der Waals surface area (Å²) in [5.41, 5.74) is 8.50. The second-order valence-electron chi connectivity index (χ2n) is 4.29. The molecule has 2 N–H and O–H groups in total. The molecule has 0 aliphatic rings. The predicted octanol–water partition coefficient (Wildman–Crippen LogP) is 5.01. The number of aromatic nitrogens is 1. The van der Waals surface area contributed by atoms with Crippen LogP contribution in [0, 0.1) is 0 Å². The van der Waals surface area contributed by atoms with Gasteiger partial charge >= 0.3 is 0 Å². The molecule has 5 heteroatoms. The highest BCUT2D eigenvalue weighted by Gasteiger charge is 2.17. The summed E-state index contributed by atoms with van der Waals surface area (Å²) in [6, 6.07) is 15.2. The smallest absolute Gasteiger partial charge is 0.176 e. The van der Waals surface area contributed by atoms with Gasteiger partial charge in [0, 0.05) is 15.1 Å². The molecule has 100 valence electrons. The van der Waals surface area contributed by atoms with Gasteiger partial charge in [-0.1, -0.05) is 57.0 Å². The lowest BCUT2D eigenvalue weighted by molar-refractivity contribution is 0.436. The number of nitrogen functional groups attached to an aromatic ring is 1. The van der Waals surface area contributed by atoms with E-state index in [-0.39, 0.29) is 0 Å². The van der Waals surface area contributed by atoms with Crippen LogP contribution in [0.25, 0.3) is 22.5 Å². The number of rotatable bonds is 2. The Balaban J connectivity index is 2.20. The molecule has 3 nitrogen and oxygen atoms in total. The highest BCUT2D eigenvalue weighted by Crippen LogP contribution is 2.37. The Hall–Kier alpha value is -1.78. The Kier molecular flexibility index (Phi) is 3.51. The molecule has 0 aliphatic heterocycles. The molecule has 0 atom stereocenters. The molecule has 3 rings (SSSR count). The molecule has 0 unspecified atom stereocenters. The molecule has 0 aliphatic carbocycles. The average molecular weight is 350 g/mol. The van der Waals surface area contributed by atoms with Gasteiger partial charge in [-0.2, -0.15) is 0 Å². The third kappa shape index (κ3) is 2.44. The van der Waals surface area contributed by atoms with Gasteiger partial charge in [-0.15, -0.1) is 0 Å². The van der Waals surface area contributed by atoms with E-state index in [0.29, 0.717) is 16.6 Å². The van der Waals surface area contributed by atoms with Crippen LogP contribution in [-0.4, -0.2) is 5.16 Å². The Bertz CT molecular complexity index is 770. The maximum Gasteiger partial charge on any atom is 0.176 e. The zero-order valence-corrected chi connectivity index (χ0v) is 12.6. The predicted molar refractivity (Wildman–Crippen MR) is 84.5 cm³/mol. The lowest BCUT2D eigenvalue weighted by Gasteiger charge is -2.04. The van der Waals surface area contributed by atoms with Crippen molar-refractivity contribution in [3.63, 3.8) is 0 Å². The van der Waals surface area contributed by atoms with Gasteiger partial charge < -0.3 is 10.3 Å². The van der Waals surface area contributed by atoms with Crippen molar-refractivity contribution >= 4 is 33.3 Å². The zero-order valence-electron chi connectivity index (χ0n) is 10.3. The topological polar surface area (TPSA) is 52.0 Å². The fourth-order valence-electron chi connectivity index (χ4n) is 2.05. The summed E-state index contributed by atoms with van der Waals surface area (Å²) in [7, 11) is 0. The van der Waals surface area contributed by atoms with E-state index in [1.54, 1.807) is 0 Å². The number of hydrogen-bond acceptors (Lipinski definition) is 3. The molecule has 0 bridgehead atoms. The maximum absolute atomic E-state index is 6.02. The van der Waals surface area contributed by atoms with Crippen LogP contribution in [0.15, 0.2) is 57.5 Å². The highest BCUT2D eigenvalue weighted by molar-refractivity contribution is 9.10. The van der Waals surface area contributed by atoms with Crippen molar-refractivity contribution in [1.29, 1.82) is 0 Å². The van der Waals surface area contributed by atoms with Gasteiger partial charge in [0.25, 0.3) is 0 Å². The number of nitrogens with two attached hydrogens (primary N) is 1. The SMILES string of the molecule is Nc1noc(-c2cccc(Cl)c2)c1-c1cccc(Br)c1. The van der Waals surface area contributed by atoms with Gasteiger partial charge in [0.05, 0.1) is 5.56 Å². The molecule has 0 saturated heterocycles. The number of nitrogens with zero attached hydrogens (tertiary/aromatic N) is 1. The second-order valence-corrected chi connectivity index (χ2v) is 5.64. The largest absolute Gasteiger partial charge is 0.380 e. The molecule has 3 aromatic rings. The molecule has 0 spiro atoms. The van der Waals surface area contributed by atoms with Crippen molar-refractivity contribution in [2.75, 3.05) is 5.73 Å². The van der Waals surface area contributed by atoms with E-state index >= 15 is 0 Å². The second kappa shape index (κ2) is 5.31. The first kappa shape index (κ1) is 13.2. The summed E-state index contributed by atoms with van der Waals surface area (Å²) < 4.78 is 6.35. The monoisotopic (exact) mass is 348 g/mol. The van der Waals surface area contributed by atoms with Crippen molar-refractivity contribution in [1.82, 2.24) is 5.16 Å². The van der Waals surface area contributed by atoms with Crippen molar-refractivity contribution < 1.29 is 4.52 Å². The summed E-state index contributed by atoms with van der Waals surface area (Å²) in [5, 5.41) is 4.51. The van der Waals surface area contributed by atoms with Gasteiger partial charge in [0.1, 0.15) is 0 Å². The standard InChI is InChI=1S/C15H10BrClN2O/c16-11-5-1-3-9(7-11)13-14(20-19-15(13)18)10-4-2-6-12(17)8-10/h1-8H,(H2,18,19). The van der Waals surface area contributed by atoms with Crippen LogP contribution in [0.4, 0.5) is 5.82 Å². The summed E-state index contributed by atoms with van der Waals surface area (Å²) >= 11 is 9.48. The quantitative estimate of drug-likeness (QED) is 0.708. The van der Waals surface area contributed by atoms with Gasteiger partial charge in [0.2, 0.25) is 0 Å². The number of halogens is 2. The van der Waals surface area contributed by atoms with Gasteiger partial charge in [-0.25, -0.2) is 0 Å². The third-order valence-electron chi connectivity index (χ3n) is 2.92. The van der Waals surface area contributed by atoms with Crippen molar-refractivity contribution in [3.05, 3.63) is 58.0 Å². The van der Waals surface area contributed by atoms with E-state index in [4.69, 9.17) is 21.9 Å². The minimum atomic E-state index is 0.359. The van der Waals surface area contributed by atoms with Gasteiger partial charge in [-0.05, 0) is 29.8 Å². The zero-order chi connectivity index (χ0) is 14.1. The van der Waals surface area contributed by atoms with Gasteiger partial charge in [-0.3, -0.25) is 0 Å². The van der Waals surface area contributed by atoms with E-state index in [0.717, 1.165) is 21.2 Å². The maximum atomic E-state index is 6.02. The summed E-state index contributed by atoms with van der Waals surface area (Å²) in [4.78, 5) is 0. The normalized spacial score (nSPS) is 10.7. The number of benzene rings is 2. The average Bonchev–Trinajstić information content (AvgIpc) is 2.80. The van der Waals surface area contributed by atoms with Crippen LogP contribution in [0.3, 0.4) is 0 Å². The van der Waals surface area contributed by atoms with Crippen LogP contribution >= 0.6 is 27.5 Å². The molecule has 0 saturated carbocycles. The number of anilines is 1. The van der Waals surface area contributed by atoms with E-state index in [1.807, 2.05) is 48.5 Å². The first-order chi connectivity index (χ1) is 9.65. The van der Waals surface area contributed by atoms with Crippen LogP contribution in [-0.2, 0) is 0 Å². The highest BCUT2D eigenvalue weighted by atomic mass is 79.9. The van der Waals surface area contributed by atoms with E-state index in [9.17, 15) is 0 Å². The van der Waals surface area contributed by atoms with Crippen LogP contribution in [0.2, 0.25) is 5.02 Å². The minimum Gasteiger partial charge on any atom is -0.380 e. The fraction of sp³-hybridized carbons (Fsp3) is 0. The summed E-state index contributed by atoms with van der Waals surface area (Å²) in [6.45, 7) is 0. The van der Waals surface area contributed by atoms with Crippen LogP contribution in [0.5, 0.6) is 0 Å². The lowest BCUT2D eigenvalue weighted by atomic mass is 10.0. The Morgan fingerprint density at radius 3 is 2.55 bits per heavy atom. The summed E-state index contributed by atoms with van der Waals surface area (Å²) in [5.74, 6) is 0.973. The van der Waals surface area contributed by atoms with Gasteiger partial charge in [0.15, 0.2) is 11.6 Å². The molecule has 2 aromatic carbocycles. The number of hydrogen-bond donors (Lipinski definition) is 1. The molecular weight excluding hydrogens is 340 g/mol. The van der Waals surface area contributed by atoms with Crippen molar-refractivity contribution in [2.24, 2.45) is 0 Å². The van der Waals surface area contributed by atoms with E-state index < -0.39 is 0 Å². The Morgan fingerprint density at radius 2 is 1.80 bits per heavy atom. The minimum absolute atomic E-state index is 0.359. The Labute approximate surface area is 129 Å². The van der Waals surface area contributed by atoms with E-state index in [2.05, 4.69) is 21.1 Å². The molecule has 20 heavy (non-hydrogen) atoms. The Morgan fingerprint density at radius 1 is 1.05 bits per heavy atom.